The largest absolute Gasteiger partial charge is 0.480 e. The van der Waals surface area contributed by atoms with E-state index >= 15 is 0 Å². The average Bonchev–Trinajstić information content (AvgIpc) is 2.12. The zero-order valence-corrected chi connectivity index (χ0v) is 9.64. The number of nitrogens with two attached hydrogens (primary N) is 1. The van der Waals surface area contributed by atoms with Crippen molar-refractivity contribution in [1.82, 2.24) is 0 Å². The lowest BCUT2D eigenvalue weighted by Crippen LogP contribution is -2.53. The molecule has 1 rings (SSSR count). The lowest BCUT2D eigenvalue weighted by Gasteiger charge is -2.38. The van der Waals surface area contributed by atoms with Crippen LogP contribution in [0.4, 0.5) is 0 Å². The van der Waals surface area contributed by atoms with Crippen LogP contribution >= 0.6 is 11.8 Å². The molecule has 1 fully saturated rings. The van der Waals surface area contributed by atoms with E-state index in [0.29, 0.717) is 24.0 Å². The Balaban J connectivity index is 2.65. The minimum Gasteiger partial charge on any atom is -0.480 e. The predicted molar refractivity (Wildman–Crippen MR) is 59.5 cm³/mol. The highest BCUT2D eigenvalue weighted by molar-refractivity contribution is 7.99. The van der Waals surface area contributed by atoms with Crippen LogP contribution in [0.15, 0.2) is 0 Å². The van der Waals surface area contributed by atoms with Crippen LogP contribution < -0.4 is 5.73 Å². The summed E-state index contributed by atoms with van der Waals surface area (Å²) in [5, 5.41) is 9.45. The molecule has 0 saturated heterocycles. The molecule has 0 spiro atoms. The van der Waals surface area contributed by atoms with E-state index in [0.717, 1.165) is 12.2 Å². The topological polar surface area (TPSA) is 63.3 Å². The maximum absolute atomic E-state index is 11.0. The zero-order valence-electron chi connectivity index (χ0n) is 8.82. The number of carboxylic acid groups (broad SMARTS) is 1. The van der Waals surface area contributed by atoms with Crippen molar-refractivity contribution in [3.63, 3.8) is 0 Å². The fourth-order valence-corrected chi connectivity index (χ4v) is 3.27. The smallest absolute Gasteiger partial charge is 0.323 e. The lowest BCUT2D eigenvalue weighted by atomic mass is 9.77. The molecular weight excluding hydrogens is 198 g/mol. The average molecular weight is 217 g/mol. The Morgan fingerprint density at radius 1 is 1.71 bits per heavy atom. The van der Waals surface area contributed by atoms with Gasteiger partial charge in [0, 0.05) is 5.25 Å². The minimum atomic E-state index is -0.973. The Hall–Kier alpha value is -0.220. The third kappa shape index (κ3) is 2.42. The van der Waals surface area contributed by atoms with E-state index in [9.17, 15) is 4.79 Å². The summed E-state index contributed by atoms with van der Waals surface area (Å²) in [5.74, 6) is 0.784. The SMILES string of the molecule is CCSC1CC(N)(C(=O)O)CCC1C. The molecule has 0 radical (unpaired) electrons. The maximum atomic E-state index is 11.0. The Kier molecular flexibility index (Phi) is 3.84. The van der Waals surface area contributed by atoms with Gasteiger partial charge in [-0.3, -0.25) is 4.79 Å². The summed E-state index contributed by atoms with van der Waals surface area (Å²) in [4.78, 5) is 11.0. The van der Waals surface area contributed by atoms with Crippen LogP contribution in [0.25, 0.3) is 0 Å². The van der Waals surface area contributed by atoms with Crippen LogP contribution in [0.3, 0.4) is 0 Å². The number of carboxylic acids is 1. The van der Waals surface area contributed by atoms with Gasteiger partial charge in [0.05, 0.1) is 0 Å². The summed E-state index contributed by atoms with van der Waals surface area (Å²) >= 11 is 1.84. The second-order valence-electron chi connectivity index (χ2n) is 4.18. The van der Waals surface area contributed by atoms with Gasteiger partial charge in [-0.05, 0) is 30.9 Å². The lowest BCUT2D eigenvalue weighted by molar-refractivity contribution is -0.144. The summed E-state index contributed by atoms with van der Waals surface area (Å²) in [5.41, 5.74) is 4.90. The van der Waals surface area contributed by atoms with Crippen LogP contribution in [0, 0.1) is 5.92 Å². The molecule has 3 N–H and O–H groups in total. The molecule has 0 amide bonds. The Morgan fingerprint density at radius 3 is 2.86 bits per heavy atom. The maximum Gasteiger partial charge on any atom is 0.323 e. The van der Waals surface area contributed by atoms with Crippen LogP contribution in [0.1, 0.15) is 33.1 Å². The van der Waals surface area contributed by atoms with Crippen molar-refractivity contribution in [2.75, 3.05) is 5.75 Å². The molecule has 14 heavy (non-hydrogen) atoms. The van der Waals surface area contributed by atoms with Crippen molar-refractivity contribution >= 4 is 17.7 Å². The fraction of sp³-hybridized carbons (Fsp3) is 0.900. The number of hydrogen-bond acceptors (Lipinski definition) is 3. The zero-order chi connectivity index (χ0) is 10.8. The molecule has 0 aromatic rings. The molecule has 3 atom stereocenters. The van der Waals surface area contributed by atoms with Crippen molar-refractivity contribution in [2.24, 2.45) is 11.7 Å². The number of aliphatic carboxylic acids is 1. The van der Waals surface area contributed by atoms with E-state index in [4.69, 9.17) is 10.8 Å². The highest BCUT2D eigenvalue weighted by Crippen LogP contribution is 2.37. The van der Waals surface area contributed by atoms with Gasteiger partial charge in [0.15, 0.2) is 0 Å². The van der Waals surface area contributed by atoms with E-state index in [-0.39, 0.29) is 0 Å². The molecule has 0 aromatic carbocycles. The number of rotatable bonds is 3. The van der Waals surface area contributed by atoms with E-state index < -0.39 is 11.5 Å². The molecule has 1 aliphatic rings. The summed E-state index contributed by atoms with van der Waals surface area (Å²) < 4.78 is 0. The van der Waals surface area contributed by atoms with E-state index in [2.05, 4.69) is 13.8 Å². The van der Waals surface area contributed by atoms with Crippen LogP contribution in [0.5, 0.6) is 0 Å². The van der Waals surface area contributed by atoms with E-state index in [1.54, 1.807) is 0 Å². The minimum absolute atomic E-state index is 0.412. The molecule has 1 saturated carbocycles. The van der Waals surface area contributed by atoms with Gasteiger partial charge in [-0.25, -0.2) is 0 Å². The third-order valence-corrected chi connectivity index (χ3v) is 4.45. The first-order valence-electron chi connectivity index (χ1n) is 5.13. The van der Waals surface area contributed by atoms with Gasteiger partial charge in [0.25, 0.3) is 0 Å². The molecular formula is C10H19NO2S. The number of thioether (sulfide) groups is 1. The van der Waals surface area contributed by atoms with Crippen LogP contribution in [-0.2, 0) is 4.79 Å². The molecule has 0 aliphatic heterocycles. The van der Waals surface area contributed by atoms with Gasteiger partial charge in [-0.15, -0.1) is 0 Å². The van der Waals surface area contributed by atoms with Gasteiger partial charge in [0.2, 0.25) is 0 Å². The monoisotopic (exact) mass is 217 g/mol. The summed E-state index contributed by atoms with van der Waals surface area (Å²) in [7, 11) is 0. The molecule has 0 aromatic heterocycles. The van der Waals surface area contributed by atoms with E-state index in [1.165, 1.54) is 0 Å². The third-order valence-electron chi connectivity index (χ3n) is 3.05. The molecule has 0 bridgehead atoms. The second kappa shape index (κ2) is 4.53. The Morgan fingerprint density at radius 2 is 2.36 bits per heavy atom. The number of hydrogen-bond donors (Lipinski definition) is 2. The first-order chi connectivity index (χ1) is 6.49. The van der Waals surface area contributed by atoms with Gasteiger partial charge < -0.3 is 10.8 Å². The highest BCUT2D eigenvalue weighted by Gasteiger charge is 2.41. The van der Waals surface area contributed by atoms with Crippen LogP contribution in [-0.4, -0.2) is 27.6 Å². The standard InChI is InChI=1S/C10H19NO2S/c1-3-14-8-6-10(11,9(12)13)5-4-7(8)2/h7-8H,3-6,11H2,1-2H3,(H,12,13). The number of carbonyl (C=O) groups is 1. The second-order valence-corrected chi connectivity index (χ2v) is 5.69. The first kappa shape index (κ1) is 11.9. The van der Waals surface area contributed by atoms with Gasteiger partial charge >= 0.3 is 5.97 Å². The molecule has 3 unspecified atom stereocenters. The molecule has 0 heterocycles. The van der Waals surface area contributed by atoms with Crippen LogP contribution in [0.2, 0.25) is 0 Å². The van der Waals surface area contributed by atoms with E-state index in [1.807, 2.05) is 11.8 Å². The molecule has 1 aliphatic carbocycles. The van der Waals surface area contributed by atoms with Crippen molar-refractivity contribution in [3.05, 3.63) is 0 Å². The van der Waals surface area contributed by atoms with Crippen molar-refractivity contribution in [1.29, 1.82) is 0 Å². The molecule has 4 heteroatoms. The van der Waals surface area contributed by atoms with Gasteiger partial charge in [-0.1, -0.05) is 13.8 Å². The molecule has 82 valence electrons. The first-order valence-corrected chi connectivity index (χ1v) is 6.18. The summed E-state index contributed by atoms with van der Waals surface area (Å²) in [6.07, 6.45) is 2.16. The van der Waals surface area contributed by atoms with Crippen molar-refractivity contribution in [2.45, 2.75) is 43.9 Å². The Bertz CT molecular complexity index is 222. The van der Waals surface area contributed by atoms with Crippen molar-refractivity contribution in [3.8, 4) is 0 Å². The normalized spacial score (nSPS) is 38.2. The molecule has 3 nitrogen and oxygen atoms in total. The summed E-state index contributed by atoms with van der Waals surface area (Å²) in [6.45, 7) is 4.29. The Labute approximate surface area is 89.4 Å². The summed E-state index contributed by atoms with van der Waals surface area (Å²) in [6, 6.07) is 0. The van der Waals surface area contributed by atoms with Crippen molar-refractivity contribution < 1.29 is 9.90 Å². The fourth-order valence-electron chi connectivity index (χ4n) is 1.96. The van der Waals surface area contributed by atoms with Gasteiger partial charge in [-0.2, -0.15) is 11.8 Å². The van der Waals surface area contributed by atoms with Gasteiger partial charge in [0.1, 0.15) is 5.54 Å². The predicted octanol–water partition coefficient (Wildman–Crippen LogP) is 1.71. The quantitative estimate of drug-likeness (QED) is 0.755. The highest BCUT2D eigenvalue weighted by atomic mass is 32.2.